The molecule has 0 amide bonds. The monoisotopic (exact) mass is 225 g/mol. The number of nitrogens with zero attached hydrogens (tertiary/aromatic N) is 5. The van der Waals surface area contributed by atoms with Gasteiger partial charge in [0.1, 0.15) is 17.8 Å². The van der Waals surface area contributed by atoms with Crippen molar-refractivity contribution < 1.29 is 4.74 Å². The third-order valence-corrected chi connectivity index (χ3v) is 2.12. The molecule has 0 spiro atoms. The van der Waals surface area contributed by atoms with Gasteiger partial charge in [0.15, 0.2) is 0 Å². The first-order chi connectivity index (χ1) is 7.16. The van der Waals surface area contributed by atoms with Gasteiger partial charge in [-0.25, -0.2) is 9.97 Å². The summed E-state index contributed by atoms with van der Waals surface area (Å²) in [7, 11) is 1.75. The van der Waals surface area contributed by atoms with Gasteiger partial charge in [0.25, 0.3) is 0 Å². The molecule has 0 aliphatic heterocycles. The lowest BCUT2D eigenvalue weighted by molar-refractivity contribution is 0.418. The zero-order valence-corrected chi connectivity index (χ0v) is 8.93. The Morgan fingerprint density at radius 3 is 2.80 bits per heavy atom. The van der Waals surface area contributed by atoms with E-state index in [9.17, 15) is 0 Å². The van der Waals surface area contributed by atoms with Crippen LogP contribution in [0.3, 0.4) is 0 Å². The molecule has 2 heterocycles. The molecule has 0 saturated heterocycles. The minimum absolute atomic E-state index is 0.232. The summed E-state index contributed by atoms with van der Waals surface area (Å²) in [6.45, 7) is 1.76. The maximum Gasteiger partial charge on any atom is 0.342 e. The molecule has 15 heavy (non-hydrogen) atoms. The summed E-state index contributed by atoms with van der Waals surface area (Å²) >= 11 is 5.81. The number of hydrogen-bond acceptors (Lipinski definition) is 5. The van der Waals surface area contributed by atoms with Gasteiger partial charge < -0.3 is 4.74 Å². The van der Waals surface area contributed by atoms with Crippen molar-refractivity contribution in [2.24, 2.45) is 7.05 Å². The van der Waals surface area contributed by atoms with Crippen LogP contribution in [-0.4, -0.2) is 24.7 Å². The molecule has 0 aromatic carbocycles. The molecule has 7 heteroatoms. The fourth-order valence-corrected chi connectivity index (χ4v) is 1.09. The summed E-state index contributed by atoms with van der Waals surface area (Å²) in [5, 5.41) is 4.31. The van der Waals surface area contributed by atoms with E-state index in [4.69, 9.17) is 16.3 Å². The van der Waals surface area contributed by atoms with E-state index in [1.807, 2.05) is 0 Å². The standard InChI is InChI=1S/C8H8ClN5O/c1-5-6(9)10-3-11-7(5)15-8-12-4-14(2)13-8/h3-4H,1-2H3. The lowest BCUT2D eigenvalue weighted by atomic mass is 10.4. The Kier molecular flexibility index (Phi) is 2.51. The van der Waals surface area contributed by atoms with Crippen LogP contribution in [0.25, 0.3) is 0 Å². The van der Waals surface area contributed by atoms with Crippen LogP contribution in [0.1, 0.15) is 5.56 Å². The summed E-state index contributed by atoms with van der Waals surface area (Å²) in [6, 6.07) is 0.232. The fourth-order valence-electron chi connectivity index (χ4n) is 0.970. The number of halogens is 1. The Morgan fingerprint density at radius 1 is 1.33 bits per heavy atom. The number of ether oxygens (including phenoxy) is 1. The molecule has 6 nitrogen and oxygen atoms in total. The molecule has 0 aliphatic carbocycles. The quantitative estimate of drug-likeness (QED) is 0.722. The van der Waals surface area contributed by atoms with Crippen LogP contribution < -0.4 is 4.74 Å². The molecule has 0 saturated carbocycles. The van der Waals surface area contributed by atoms with Crippen LogP contribution in [0.4, 0.5) is 0 Å². The minimum atomic E-state index is 0.232. The van der Waals surface area contributed by atoms with Gasteiger partial charge in [-0.3, -0.25) is 4.68 Å². The van der Waals surface area contributed by atoms with Gasteiger partial charge in [0.2, 0.25) is 5.88 Å². The lowest BCUT2D eigenvalue weighted by Crippen LogP contribution is -1.95. The second-order valence-corrected chi connectivity index (χ2v) is 3.26. The SMILES string of the molecule is Cc1c(Cl)ncnc1Oc1ncn(C)n1. The predicted molar refractivity (Wildman–Crippen MR) is 52.9 cm³/mol. The zero-order chi connectivity index (χ0) is 10.8. The van der Waals surface area contributed by atoms with Crippen molar-refractivity contribution >= 4 is 11.6 Å². The van der Waals surface area contributed by atoms with Gasteiger partial charge in [-0.05, 0) is 6.92 Å². The molecular weight excluding hydrogens is 218 g/mol. The molecule has 0 unspecified atom stereocenters. The van der Waals surface area contributed by atoms with E-state index in [0.29, 0.717) is 16.6 Å². The second kappa shape index (κ2) is 3.82. The van der Waals surface area contributed by atoms with Gasteiger partial charge in [-0.2, -0.15) is 4.98 Å². The minimum Gasteiger partial charge on any atom is -0.404 e. The Balaban J connectivity index is 2.28. The average molecular weight is 226 g/mol. The number of hydrogen-bond donors (Lipinski definition) is 0. The van der Waals surface area contributed by atoms with Gasteiger partial charge in [-0.15, -0.1) is 5.10 Å². The molecule has 2 rings (SSSR count). The zero-order valence-electron chi connectivity index (χ0n) is 8.18. The van der Waals surface area contributed by atoms with Crippen molar-refractivity contribution in [3.63, 3.8) is 0 Å². The highest BCUT2D eigenvalue weighted by molar-refractivity contribution is 6.30. The van der Waals surface area contributed by atoms with Crippen molar-refractivity contribution in [3.8, 4) is 11.9 Å². The van der Waals surface area contributed by atoms with E-state index in [-0.39, 0.29) is 6.01 Å². The van der Waals surface area contributed by atoms with Crippen LogP contribution in [0, 0.1) is 6.92 Å². The maximum atomic E-state index is 5.81. The normalized spacial score (nSPS) is 10.3. The molecule has 0 N–H and O–H groups in total. The third kappa shape index (κ3) is 2.04. The largest absolute Gasteiger partial charge is 0.404 e. The van der Waals surface area contributed by atoms with E-state index < -0.39 is 0 Å². The Bertz CT molecular complexity index is 484. The Morgan fingerprint density at radius 2 is 2.13 bits per heavy atom. The first-order valence-electron chi connectivity index (χ1n) is 4.17. The fraction of sp³-hybridized carbons (Fsp3) is 0.250. The van der Waals surface area contributed by atoms with E-state index >= 15 is 0 Å². The first-order valence-corrected chi connectivity index (χ1v) is 4.55. The smallest absolute Gasteiger partial charge is 0.342 e. The number of aryl methyl sites for hydroxylation is 1. The molecule has 0 aliphatic rings. The van der Waals surface area contributed by atoms with E-state index in [1.165, 1.54) is 17.3 Å². The van der Waals surface area contributed by atoms with Crippen molar-refractivity contribution in [1.29, 1.82) is 0 Å². The third-order valence-electron chi connectivity index (χ3n) is 1.74. The van der Waals surface area contributed by atoms with E-state index in [2.05, 4.69) is 20.1 Å². The average Bonchev–Trinajstić information content (AvgIpc) is 2.59. The molecule has 0 radical (unpaired) electrons. The number of rotatable bonds is 2. The van der Waals surface area contributed by atoms with Crippen molar-refractivity contribution in [2.45, 2.75) is 6.92 Å². The van der Waals surface area contributed by atoms with E-state index in [0.717, 1.165) is 0 Å². The molecule has 0 fully saturated rings. The first kappa shape index (κ1) is 9.85. The molecular formula is C8H8ClN5O. The molecule has 2 aromatic heterocycles. The van der Waals surface area contributed by atoms with Crippen molar-refractivity contribution in [1.82, 2.24) is 24.7 Å². The van der Waals surface area contributed by atoms with E-state index in [1.54, 1.807) is 14.0 Å². The predicted octanol–water partition coefficient (Wildman–Crippen LogP) is 1.36. The van der Waals surface area contributed by atoms with Crippen LogP contribution in [-0.2, 0) is 7.05 Å². The molecule has 0 bridgehead atoms. The summed E-state index contributed by atoms with van der Waals surface area (Å²) in [5.41, 5.74) is 0.659. The summed E-state index contributed by atoms with van der Waals surface area (Å²) in [4.78, 5) is 11.7. The van der Waals surface area contributed by atoms with Crippen molar-refractivity contribution in [3.05, 3.63) is 23.4 Å². The Hall–Kier alpha value is -1.69. The maximum absolute atomic E-state index is 5.81. The molecule has 2 aromatic rings. The summed E-state index contributed by atoms with van der Waals surface area (Å²) < 4.78 is 6.87. The van der Waals surface area contributed by atoms with Gasteiger partial charge in [0, 0.05) is 12.6 Å². The molecule has 78 valence electrons. The summed E-state index contributed by atoms with van der Waals surface area (Å²) in [6.07, 6.45) is 2.86. The number of aromatic nitrogens is 5. The highest BCUT2D eigenvalue weighted by Crippen LogP contribution is 2.23. The molecule has 0 atom stereocenters. The summed E-state index contributed by atoms with van der Waals surface area (Å²) in [5.74, 6) is 0.362. The van der Waals surface area contributed by atoms with Crippen molar-refractivity contribution in [2.75, 3.05) is 0 Å². The van der Waals surface area contributed by atoms with Gasteiger partial charge in [-0.1, -0.05) is 11.6 Å². The lowest BCUT2D eigenvalue weighted by Gasteiger charge is -2.03. The second-order valence-electron chi connectivity index (χ2n) is 2.90. The highest BCUT2D eigenvalue weighted by Gasteiger charge is 2.09. The highest BCUT2D eigenvalue weighted by atomic mass is 35.5. The topological polar surface area (TPSA) is 65.7 Å². The van der Waals surface area contributed by atoms with Gasteiger partial charge in [0.05, 0.1) is 0 Å². The van der Waals surface area contributed by atoms with Crippen LogP contribution in [0.2, 0.25) is 5.15 Å². The van der Waals surface area contributed by atoms with Gasteiger partial charge >= 0.3 is 6.01 Å². The Labute approximate surface area is 90.9 Å². The van der Waals surface area contributed by atoms with Crippen LogP contribution >= 0.6 is 11.6 Å². The van der Waals surface area contributed by atoms with Crippen LogP contribution in [0.5, 0.6) is 11.9 Å². The van der Waals surface area contributed by atoms with Crippen LogP contribution in [0.15, 0.2) is 12.7 Å².